The SMILES string of the molecule is C=CCn1c(SCC(=O)N[C@@H]2CCCC[C@H]2C)nnc1-c1ccc(C(C)(C)C)cc1. The van der Waals surface area contributed by atoms with Crippen molar-refractivity contribution in [3.8, 4) is 11.4 Å². The van der Waals surface area contributed by atoms with E-state index < -0.39 is 0 Å². The molecule has 3 rings (SSSR count). The summed E-state index contributed by atoms with van der Waals surface area (Å²) in [5, 5.41) is 12.7. The van der Waals surface area contributed by atoms with Crippen LogP contribution in [0.1, 0.15) is 58.9 Å². The van der Waals surface area contributed by atoms with E-state index in [1.807, 2.05) is 10.6 Å². The number of amides is 1. The number of hydrogen-bond donors (Lipinski definition) is 1. The highest BCUT2D eigenvalue weighted by atomic mass is 32.2. The highest BCUT2D eigenvalue weighted by Gasteiger charge is 2.23. The fraction of sp³-hybridized carbons (Fsp3) is 0.542. The Bertz CT molecular complexity index is 866. The van der Waals surface area contributed by atoms with Crippen molar-refractivity contribution in [1.29, 1.82) is 0 Å². The van der Waals surface area contributed by atoms with E-state index in [4.69, 9.17) is 0 Å². The summed E-state index contributed by atoms with van der Waals surface area (Å²) in [7, 11) is 0. The molecule has 0 aliphatic heterocycles. The number of carbonyl (C=O) groups is 1. The third kappa shape index (κ3) is 5.54. The predicted molar refractivity (Wildman–Crippen MR) is 125 cm³/mol. The monoisotopic (exact) mass is 426 g/mol. The maximum atomic E-state index is 12.5. The fourth-order valence-corrected chi connectivity index (χ4v) is 4.69. The predicted octanol–water partition coefficient (Wildman–Crippen LogP) is 5.22. The molecule has 1 fully saturated rings. The van der Waals surface area contributed by atoms with Gasteiger partial charge in [0.15, 0.2) is 11.0 Å². The standard InChI is InChI=1S/C24H34N4OS/c1-6-15-28-22(18-11-13-19(14-12-18)24(3,4)5)26-27-23(28)30-16-21(29)25-20-10-8-7-9-17(20)2/h6,11-14,17,20H,1,7-10,15-16H2,2-5H3,(H,25,29)/t17-,20-/m1/s1. The van der Waals surface area contributed by atoms with Gasteiger partial charge in [-0.3, -0.25) is 9.36 Å². The summed E-state index contributed by atoms with van der Waals surface area (Å²) < 4.78 is 2.03. The van der Waals surface area contributed by atoms with E-state index >= 15 is 0 Å². The second-order valence-electron chi connectivity index (χ2n) is 9.26. The highest BCUT2D eigenvalue weighted by Crippen LogP contribution is 2.28. The molecule has 0 unspecified atom stereocenters. The zero-order chi connectivity index (χ0) is 21.7. The third-order valence-corrected chi connectivity index (χ3v) is 6.79. The van der Waals surface area contributed by atoms with Crippen LogP contribution >= 0.6 is 11.8 Å². The first kappa shape index (κ1) is 22.6. The number of benzene rings is 1. The zero-order valence-electron chi connectivity index (χ0n) is 18.6. The van der Waals surface area contributed by atoms with Crippen LogP contribution < -0.4 is 5.32 Å². The van der Waals surface area contributed by atoms with Crippen LogP contribution in [0.4, 0.5) is 0 Å². The lowest BCUT2D eigenvalue weighted by Gasteiger charge is -2.29. The summed E-state index contributed by atoms with van der Waals surface area (Å²) in [4.78, 5) is 12.5. The number of rotatable bonds is 7. The van der Waals surface area contributed by atoms with Gasteiger partial charge in [0, 0.05) is 18.2 Å². The van der Waals surface area contributed by atoms with E-state index in [9.17, 15) is 4.79 Å². The molecule has 1 saturated carbocycles. The Morgan fingerprint density at radius 1 is 1.23 bits per heavy atom. The van der Waals surface area contributed by atoms with E-state index in [1.54, 1.807) is 0 Å². The number of hydrogen-bond acceptors (Lipinski definition) is 4. The quantitative estimate of drug-likeness (QED) is 0.487. The molecule has 1 heterocycles. The summed E-state index contributed by atoms with van der Waals surface area (Å²) in [5.41, 5.74) is 2.41. The fourth-order valence-electron chi connectivity index (χ4n) is 3.93. The van der Waals surface area contributed by atoms with Crippen molar-refractivity contribution in [1.82, 2.24) is 20.1 Å². The first-order valence-corrected chi connectivity index (χ1v) is 11.9. The Labute approximate surface area is 184 Å². The Kier molecular flexibility index (Phi) is 7.40. The summed E-state index contributed by atoms with van der Waals surface area (Å²) >= 11 is 1.44. The second-order valence-corrected chi connectivity index (χ2v) is 10.2. The van der Waals surface area contributed by atoms with Gasteiger partial charge in [0.25, 0.3) is 0 Å². The number of carbonyl (C=O) groups excluding carboxylic acids is 1. The minimum absolute atomic E-state index is 0.0722. The van der Waals surface area contributed by atoms with Crippen LogP contribution in [0.2, 0.25) is 0 Å². The molecule has 1 aromatic heterocycles. The maximum absolute atomic E-state index is 12.5. The van der Waals surface area contributed by atoms with E-state index in [0.29, 0.717) is 24.3 Å². The molecule has 162 valence electrons. The van der Waals surface area contributed by atoms with Crippen LogP contribution in [-0.2, 0) is 16.8 Å². The Hall–Kier alpha value is -2.08. The molecular weight excluding hydrogens is 392 g/mol. The van der Waals surface area contributed by atoms with Gasteiger partial charge in [0.05, 0.1) is 5.75 Å². The van der Waals surface area contributed by atoms with Gasteiger partial charge < -0.3 is 5.32 Å². The smallest absolute Gasteiger partial charge is 0.230 e. The van der Waals surface area contributed by atoms with Crippen LogP contribution in [-0.4, -0.2) is 32.5 Å². The van der Waals surface area contributed by atoms with Crippen molar-refractivity contribution >= 4 is 17.7 Å². The molecule has 6 heteroatoms. The van der Waals surface area contributed by atoms with Gasteiger partial charge in [-0.1, -0.05) is 82.6 Å². The van der Waals surface area contributed by atoms with E-state index in [1.165, 1.54) is 36.6 Å². The largest absolute Gasteiger partial charge is 0.352 e. The van der Waals surface area contributed by atoms with Crippen molar-refractivity contribution < 1.29 is 4.79 Å². The van der Waals surface area contributed by atoms with Gasteiger partial charge in [-0.2, -0.15) is 0 Å². The average Bonchev–Trinajstić information content (AvgIpc) is 3.10. The highest BCUT2D eigenvalue weighted by molar-refractivity contribution is 7.99. The lowest BCUT2D eigenvalue weighted by Crippen LogP contribution is -2.41. The van der Waals surface area contributed by atoms with Crippen molar-refractivity contribution in [2.24, 2.45) is 5.92 Å². The van der Waals surface area contributed by atoms with Gasteiger partial charge >= 0.3 is 0 Å². The maximum Gasteiger partial charge on any atom is 0.230 e. The Morgan fingerprint density at radius 2 is 1.93 bits per heavy atom. The molecule has 2 aromatic rings. The molecule has 0 bridgehead atoms. The van der Waals surface area contributed by atoms with Crippen LogP contribution in [0.5, 0.6) is 0 Å². The van der Waals surface area contributed by atoms with Crippen molar-refractivity contribution in [3.05, 3.63) is 42.5 Å². The van der Waals surface area contributed by atoms with Crippen molar-refractivity contribution in [2.45, 2.75) is 76.5 Å². The molecule has 1 N–H and O–H groups in total. The zero-order valence-corrected chi connectivity index (χ0v) is 19.5. The second kappa shape index (κ2) is 9.82. The van der Waals surface area contributed by atoms with Crippen molar-refractivity contribution in [2.75, 3.05) is 5.75 Å². The molecule has 1 amide bonds. The van der Waals surface area contributed by atoms with Gasteiger partial charge in [0.2, 0.25) is 5.91 Å². The summed E-state index contributed by atoms with van der Waals surface area (Å²) in [6, 6.07) is 8.78. The summed E-state index contributed by atoms with van der Waals surface area (Å²) in [6.07, 6.45) is 6.59. The minimum atomic E-state index is 0.0722. The molecule has 0 spiro atoms. The first-order chi connectivity index (χ1) is 14.3. The number of aromatic nitrogens is 3. The molecule has 1 aromatic carbocycles. The molecular formula is C24H34N4OS. The van der Waals surface area contributed by atoms with Gasteiger partial charge in [-0.25, -0.2) is 0 Å². The lowest BCUT2D eigenvalue weighted by atomic mass is 9.86. The van der Waals surface area contributed by atoms with Gasteiger partial charge in [-0.15, -0.1) is 16.8 Å². The van der Waals surface area contributed by atoms with E-state index in [0.717, 1.165) is 23.0 Å². The van der Waals surface area contributed by atoms with E-state index in [-0.39, 0.29) is 11.3 Å². The molecule has 2 atom stereocenters. The molecule has 30 heavy (non-hydrogen) atoms. The molecule has 1 aliphatic rings. The van der Waals surface area contributed by atoms with Gasteiger partial charge in [0.1, 0.15) is 0 Å². The topological polar surface area (TPSA) is 59.8 Å². The molecule has 1 aliphatic carbocycles. The lowest BCUT2D eigenvalue weighted by molar-refractivity contribution is -0.119. The number of allylic oxidation sites excluding steroid dienone is 1. The van der Waals surface area contributed by atoms with Crippen LogP contribution in [0, 0.1) is 5.92 Å². The van der Waals surface area contributed by atoms with Crippen LogP contribution in [0.15, 0.2) is 42.1 Å². The van der Waals surface area contributed by atoms with Crippen molar-refractivity contribution in [3.63, 3.8) is 0 Å². The Morgan fingerprint density at radius 3 is 2.57 bits per heavy atom. The normalized spacial score (nSPS) is 19.5. The number of thioether (sulfide) groups is 1. The number of nitrogens with zero attached hydrogens (tertiary/aromatic N) is 3. The van der Waals surface area contributed by atoms with Crippen LogP contribution in [0.25, 0.3) is 11.4 Å². The molecule has 0 saturated heterocycles. The van der Waals surface area contributed by atoms with Crippen LogP contribution in [0.3, 0.4) is 0 Å². The van der Waals surface area contributed by atoms with E-state index in [2.05, 4.69) is 74.1 Å². The first-order valence-electron chi connectivity index (χ1n) is 10.9. The summed E-state index contributed by atoms with van der Waals surface area (Å²) in [5.74, 6) is 1.78. The number of nitrogens with one attached hydrogen (secondary N) is 1. The Balaban J connectivity index is 1.69. The summed E-state index contributed by atoms with van der Waals surface area (Å²) in [6.45, 7) is 13.3. The average molecular weight is 427 g/mol. The molecule has 0 radical (unpaired) electrons. The molecule has 5 nitrogen and oxygen atoms in total. The van der Waals surface area contributed by atoms with Gasteiger partial charge in [-0.05, 0) is 29.7 Å². The minimum Gasteiger partial charge on any atom is -0.352 e. The third-order valence-electron chi connectivity index (χ3n) is 5.83.